The number of amides is 1. The molecule has 0 radical (unpaired) electrons. The number of thioether (sulfide) groups is 1. The molecule has 3 rings (SSSR count). The highest BCUT2D eigenvalue weighted by atomic mass is 32.2. The Bertz CT molecular complexity index is 949. The van der Waals surface area contributed by atoms with Crippen LogP contribution >= 0.6 is 11.8 Å². The minimum Gasteiger partial charge on any atom is -0.325 e. The molecule has 1 amide bonds. The zero-order valence-electron chi connectivity index (χ0n) is 13.2. The molecular formula is C15H16N6O2S. The Morgan fingerprint density at radius 3 is 2.92 bits per heavy atom. The largest absolute Gasteiger partial charge is 0.325 e. The number of aromatic amines is 1. The van der Waals surface area contributed by atoms with Crippen molar-refractivity contribution in [1.82, 2.24) is 25.2 Å². The van der Waals surface area contributed by atoms with Crippen molar-refractivity contribution < 1.29 is 4.79 Å². The zero-order valence-corrected chi connectivity index (χ0v) is 14.1. The maximum atomic E-state index is 12.1. The van der Waals surface area contributed by atoms with E-state index in [0.717, 1.165) is 17.4 Å². The summed E-state index contributed by atoms with van der Waals surface area (Å²) in [5.41, 5.74) is 2.18. The lowest BCUT2D eigenvalue weighted by molar-refractivity contribution is -0.113. The summed E-state index contributed by atoms with van der Waals surface area (Å²) in [6.45, 7) is 2.00. The van der Waals surface area contributed by atoms with E-state index in [1.165, 1.54) is 16.4 Å². The third-order valence-electron chi connectivity index (χ3n) is 3.51. The topological polar surface area (TPSA) is 106 Å². The number of benzene rings is 1. The summed E-state index contributed by atoms with van der Waals surface area (Å²) in [6, 6.07) is 7.10. The maximum absolute atomic E-state index is 12.1. The van der Waals surface area contributed by atoms with Gasteiger partial charge in [-0.3, -0.25) is 9.59 Å². The van der Waals surface area contributed by atoms with E-state index in [0.29, 0.717) is 16.4 Å². The number of nitrogens with zero attached hydrogens (tertiary/aromatic N) is 4. The summed E-state index contributed by atoms with van der Waals surface area (Å²) in [6.07, 6.45) is 0.772. The first-order valence-electron chi connectivity index (χ1n) is 7.38. The molecule has 2 N–H and O–H groups in total. The lowest BCUT2D eigenvalue weighted by Crippen LogP contribution is -2.15. The van der Waals surface area contributed by atoms with Gasteiger partial charge in [-0.15, -0.1) is 5.10 Å². The van der Waals surface area contributed by atoms with Gasteiger partial charge in [-0.1, -0.05) is 24.8 Å². The predicted octanol–water partition coefficient (Wildman–Crippen LogP) is 1.34. The molecule has 2 aromatic heterocycles. The minimum atomic E-state index is -0.170. The zero-order chi connectivity index (χ0) is 17.1. The lowest BCUT2D eigenvalue weighted by Gasteiger charge is -2.08. The molecule has 8 nitrogen and oxygen atoms in total. The number of tetrazole rings is 1. The van der Waals surface area contributed by atoms with Crippen LogP contribution in [-0.4, -0.2) is 36.9 Å². The number of carbonyl (C=O) groups excluding carboxylic acids is 1. The van der Waals surface area contributed by atoms with Gasteiger partial charge in [-0.2, -0.15) is 0 Å². The van der Waals surface area contributed by atoms with E-state index in [2.05, 4.69) is 25.8 Å². The number of pyridine rings is 1. The minimum absolute atomic E-state index is 0.145. The molecule has 0 fully saturated rings. The Morgan fingerprint density at radius 2 is 2.21 bits per heavy atom. The van der Waals surface area contributed by atoms with Gasteiger partial charge in [-0.05, 0) is 34.5 Å². The van der Waals surface area contributed by atoms with Crippen LogP contribution in [0.2, 0.25) is 0 Å². The number of aryl methyl sites for hydroxylation is 2. The lowest BCUT2D eigenvalue weighted by atomic mass is 10.1. The monoisotopic (exact) mass is 344 g/mol. The Kier molecular flexibility index (Phi) is 4.61. The van der Waals surface area contributed by atoms with E-state index in [1.54, 1.807) is 19.2 Å². The standard InChI is InChI=1S/C15H16N6O2S/c1-3-9-6-13(22)17-12-7-10(4-5-11(9)12)16-14(23)8-24-15-18-19-20-21(15)2/h4-7H,3,8H2,1-2H3,(H,16,23)(H,17,22). The van der Waals surface area contributed by atoms with Crippen LogP contribution in [0.3, 0.4) is 0 Å². The van der Waals surface area contributed by atoms with Crippen LogP contribution in [0.25, 0.3) is 10.9 Å². The van der Waals surface area contributed by atoms with Crippen LogP contribution in [0, 0.1) is 0 Å². The molecule has 9 heteroatoms. The van der Waals surface area contributed by atoms with E-state index >= 15 is 0 Å². The Hall–Kier alpha value is -2.68. The fourth-order valence-corrected chi connectivity index (χ4v) is 3.02. The van der Waals surface area contributed by atoms with Crippen molar-refractivity contribution in [3.05, 3.63) is 40.2 Å². The highest BCUT2D eigenvalue weighted by Crippen LogP contribution is 2.20. The number of nitrogens with one attached hydrogen (secondary N) is 2. The summed E-state index contributed by atoms with van der Waals surface area (Å²) in [5, 5.41) is 15.4. The molecule has 0 aliphatic heterocycles. The fraction of sp³-hybridized carbons (Fsp3) is 0.267. The van der Waals surface area contributed by atoms with E-state index in [9.17, 15) is 9.59 Å². The van der Waals surface area contributed by atoms with Gasteiger partial charge in [0.15, 0.2) is 0 Å². The van der Waals surface area contributed by atoms with Crippen molar-refractivity contribution in [3.63, 3.8) is 0 Å². The highest BCUT2D eigenvalue weighted by Gasteiger charge is 2.09. The summed E-state index contributed by atoms with van der Waals surface area (Å²) < 4.78 is 1.50. The average molecular weight is 344 g/mol. The van der Waals surface area contributed by atoms with Crippen LogP contribution in [0.1, 0.15) is 12.5 Å². The third-order valence-corrected chi connectivity index (χ3v) is 4.52. The summed E-state index contributed by atoms with van der Waals surface area (Å²) >= 11 is 1.25. The molecular weight excluding hydrogens is 328 g/mol. The molecule has 0 spiro atoms. The first-order valence-corrected chi connectivity index (χ1v) is 8.36. The normalized spacial score (nSPS) is 10.9. The van der Waals surface area contributed by atoms with Crippen molar-refractivity contribution in [2.75, 3.05) is 11.1 Å². The molecule has 0 aliphatic rings. The number of carbonyl (C=O) groups is 1. The number of H-pyrrole nitrogens is 1. The van der Waals surface area contributed by atoms with Gasteiger partial charge in [0.25, 0.3) is 0 Å². The van der Waals surface area contributed by atoms with Crippen molar-refractivity contribution in [2.45, 2.75) is 18.5 Å². The molecule has 124 valence electrons. The van der Waals surface area contributed by atoms with Crippen LogP contribution in [-0.2, 0) is 18.3 Å². The van der Waals surface area contributed by atoms with Crippen molar-refractivity contribution in [1.29, 1.82) is 0 Å². The molecule has 1 aromatic carbocycles. The molecule has 0 aliphatic carbocycles. The van der Waals surface area contributed by atoms with Crippen LogP contribution in [0.4, 0.5) is 5.69 Å². The smallest absolute Gasteiger partial charge is 0.248 e. The van der Waals surface area contributed by atoms with Gasteiger partial charge in [0.1, 0.15) is 0 Å². The maximum Gasteiger partial charge on any atom is 0.248 e. The Balaban J connectivity index is 1.74. The summed E-state index contributed by atoms with van der Waals surface area (Å²) in [7, 11) is 1.71. The number of rotatable bonds is 5. The number of hydrogen-bond donors (Lipinski definition) is 2. The second-order valence-electron chi connectivity index (χ2n) is 5.19. The molecule has 24 heavy (non-hydrogen) atoms. The number of anilines is 1. The number of hydrogen-bond acceptors (Lipinski definition) is 6. The van der Waals surface area contributed by atoms with Crippen molar-refractivity contribution in [3.8, 4) is 0 Å². The third kappa shape index (κ3) is 3.46. The molecule has 0 bridgehead atoms. The molecule has 0 saturated carbocycles. The van der Waals surface area contributed by atoms with E-state index < -0.39 is 0 Å². The van der Waals surface area contributed by atoms with Crippen LogP contribution in [0.5, 0.6) is 0 Å². The molecule has 3 aromatic rings. The quantitative estimate of drug-likeness (QED) is 0.677. The molecule has 0 saturated heterocycles. The molecule has 0 atom stereocenters. The summed E-state index contributed by atoms with van der Waals surface area (Å²) in [4.78, 5) is 26.6. The van der Waals surface area contributed by atoms with Gasteiger partial charge in [0, 0.05) is 24.2 Å². The van der Waals surface area contributed by atoms with Crippen molar-refractivity contribution in [2.24, 2.45) is 7.05 Å². The van der Waals surface area contributed by atoms with E-state index in [-0.39, 0.29) is 17.2 Å². The summed E-state index contributed by atoms with van der Waals surface area (Å²) in [5.74, 6) is 0.0222. The van der Waals surface area contributed by atoms with Gasteiger partial charge >= 0.3 is 0 Å². The molecule has 2 heterocycles. The Labute approximate surface area is 141 Å². The second-order valence-corrected chi connectivity index (χ2v) is 6.14. The Morgan fingerprint density at radius 1 is 1.38 bits per heavy atom. The first-order chi connectivity index (χ1) is 11.6. The number of aromatic nitrogens is 5. The SMILES string of the molecule is CCc1cc(=O)[nH]c2cc(NC(=O)CSc3nnnn3C)ccc12. The fourth-order valence-electron chi connectivity index (χ4n) is 2.37. The predicted molar refractivity (Wildman–Crippen MR) is 92.1 cm³/mol. The van der Waals surface area contributed by atoms with Gasteiger partial charge in [-0.25, -0.2) is 4.68 Å². The first kappa shape index (κ1) is 16.2. The second kappa shape index (κ2) is 6.83. The molecule has 0 unspecified atom stereocenters. The average Bonchev–Trinajstić information content (AvgIpc) is 2.97. The van der Waals surface area contributed by atoms with Gasteiger partial charge < -0.3 is 10.3 Å². The van der Waals surface area contributed by atoms with Gasteiger partial charge in [0.2, 0.25) is 16.6 Å². The highest BCUT2D eigenvalue weighted by molar-refractivity contribution is 7.99. The van der Waals surface area contributed by atoms with E-state index in [1.807, 2.05) is 19.1 Å². The van der Waals surface area contributed by atoms with Crippen LogP contribution < -0.4 is 10.9 Å². The number of fused-ring (bicyclic) bond motifs is 1. The van der Waals surface area contributed by atoms with Gasteiger partial charge in [0.05, 0.1) is 11.3 Å². The van der Waals surface area contributed by atoms with Crippen LogP contribution in [0.15, 0.2) is 34.2 Å². The van der Waals surface area contributed by atoms with Crippen molar-refractivity contribution >= 4 is 34.3 Å². The van der Waals surface area contributed by atoms with E-state index in [4.69, 9.17) is 0 Å².